The van der Waals surface area contributed by atoms with Gasteiger partial charge in [0.2, 0.25) is 0 Å². The van der Waals surface area contributed by atoms with Gasteiger partial charge in [0.25, 0.3) is 0 Å². The molecule has 1 aliphatic heterocycles. The maximum Gasteiger partial charge on any atom is 0.0781 e. The highest BCUT2D eigenvalue weighted by Gasteiger charge is 2.15. The highest BCUT2D eigenvalue weighted by Crippen LogP contribution is 2.28. The van der Waals surface area contributed by atoms with Crippen molar-refractivity contribution in [1.29, 1.82) is 0 Å². The molecule has 0 N–H and O–H groups in total. The van der Waals surface area contributed by atoms with Crippen molar-refractivity contribution < 1.29 is 0 Å². The van der Waals surface area contributed by atoms with Gasteiger partial charge in [0.05, 0.1) is 13.6 Å². The fourth-order valence-corrected chi connectivity index (χ4v) is 2.25. The Morgan fingerprint density at radius 3 is 3.00 bits per heavy atom. The largest absolute Gasteiger partial charge is 0.284 e. The van der Waals surface area contributed by atoms with E-state index in [0.717, 1.165) is 23.5 Å². The molecule has 1 heterocycles. The molecule has 0 amide bonds. The zero-order chi connectivity index (χ0) is 10.6. The van der Waals surface area contributed by atoms with Crippen LogP contribution < -0.4 is 0 Å². The van der Waals surface area contributed by atoms with E-state index < -0.39 is 0 Å². The quantitative estimate of drug-likeness (QED) is 0.642. The molecular formula is C11H16BNS. The summed E-state index contributed by atoms with van der Waals surface area (Å²) in [6.07, 6.45) is 3.06. The van der Waals surface area contributed by atoms with E-state index in [0.29, 0.717) is 6.54 Å². The summed E-state index contributed by atoms with van der Waals surface area (Å²) in [7, 11) is 5.83. The SMILES string of the molecule is [B]C1C=C(SCC)C(C(=C)CC)=NC1. The molecule has 1 rings (SSSR count). The highest BCUT2D eigenvalue weighted by molar-refractivity contribution is 8.04. The number of nitrogens with zero attached hydrogens (tertiary/aromatic N) is 1. The van der Waals surface area contributed by atoms with E-state index in [1.165, 1.54) is 4.91 Å². The number of rotatable bonds is 4. The first-order valence-corrected chi connectivity index (χ1v) is 6.00. The Morgan fingerprint density at radius 2 is 2.43 bits per heavy atom. The van der Waals surface area contributed by atoms with Gasteiger partial charge in [0.15, 0.2) is 0 Å². The molecule has 0 aromatic carbocycles. The van der Waals surface area contributed by atoms with Crippen molar-refractivity contribution in [1.82, 2.24) is 0 Å². The number of aliphatic imine (C=N–C) groups is 1. The van der Waals surface area contributed by atoms with Gasteiger partial charge >= 0.3 is 0 Å². The van der Waals surface area contributed by atoms with Crippen LogP contribution in [0.25, 0.3) is 0 Å². The van der Waals surface area contributed by atoms with Crippen LogP contribution in [-0.4, -0.2) is 25.9 Å². The molecule has 0 aromatic heterocycles. The third kappa shape index (κ3) is 2.78. The van der Waals surface area contributed by atoms with Gasteiger partial charge in [-0.25, -0.2) is 0 Å². The van der Waals surface area contributed by atoms with Crippen LogP contribution in [0.1, 0.15) is 20.3 Å². The fourth-order valence-electron chi connectivity index (χ4n) is 1.33. The standard InChI is InChI=1S/C11H16BNS/c1-4-8(3)11-10(14-5-2)6-9(12)7-13-11/h6,9H,3-5,7H2,1-2H3. The second kappa shape index (κ2) is 5.45. The van der Waals surface area contributed by atoms with Gasteiger partial charge in [0.1, 0.15) is 0 Å². The molecule has 2 radical (unpaired) electrons. The summed E-state index contributed by atoms with van der Waals surface area (Å²) >= 11 is 1.80. The van der Waals surface area contributed by atoms with Crippen LogP contribution in [-0.2, 0) is 0 Å². The molecule has 74 valence electrons. The van der Waals surface area contributed by atoms with Crippen molar-refractivity contribution in [3.63, 3.8) is 0 Å². The molecule has 0 saturated heterocycles. The summed E-state index contributed by atoms with van der Waals surface area (Å²) in [5.74, 6) is 1.13. The lowest BCUT2D eigenvalue weighted by Gasteiger charge is -2.19. The zero-order valence-electron chi connectivity index (χ0n) is 8.92. The molecule has 0 spiro atoms. The molecule has 0 bridgehead atoms. The van der Waals surface area contributed by atoms with Gasteiger partial charge in [-0.05, 0) is 23.6 Å². The Kier molecular flexibility index (Phi) is 4.53. The number of hydrogen-bond acceptors (Lipinski definition) is 2. The van der Waals surface area contributed by atoms with E-state index >= 15 is 0 Å². The first kappa shape index (κ1) is 11.6. The number of dihydropyridines is 1. The second-order valence-electron chi connectivity index (χ2n) is 3.27. The molecule has 1 nitrogen and oxygen atoms in total. The summed E-state index contributed by atoms with van der Waals surface area (Å²) in [6, 6.07) is 0. The summed E-state index contributed by atoms with van der Waals surface area (Å²) < 4.78 is 0. The molecule has 0 saturated carbocycles. The minimum atomic E-state index is 0.0810. The van der Waals surface area contributed by atoms with Crippen molar-refractivity contribution in [2.24, 2.45) is 4.99 Å². The predicted octanol–water partition coefficient (Wildman–Crippen LogP) is 3.00. The van der Waals surface area contributed by atoms with Crippen LogP contribution in [0.5, 0.6) is 0 Å². The van der Waals surface area contributed by atoms with Crippen molar-refractivity contribution in [2.75, 3.05) is 12.3 Å². The van der Waals surface area contributed by atoms with E-state index in [1.807, 2.05) is 0 Å². The Balaban J connectivity index is 2.83. The maximum atomic E-state index is 5.83. The Labute approximate surface area is 92.2 Å². The maximum absolute atomic E-state index is 5.83. The van der Waals surface area contributed by atoms with E-state index in [-0.39, 0.29) is 5.82 Å². The average Bonchev–Trinajstić information content (AvgIpc) is 2.17. The topological polar surface area (TPSA) is 12.4 Å². The van der Waals surface area contributed by atoms with Gasteiger partial charge in [-0.1, -0.05) is 26.5 Å². The molecule has 1 aliphatic rings. The molecule has 0 aromatic rings. The highest BCUT2D eigenvalue weighted by atomic mass is 32.2. The minimum Gasteiger partial charge on any atom is -0.284 e. The van der Waals surface area contributed by atoms with E-state index in [1.54, 1.807) is 11.8 Å². The van der Waals surface area contributed by atoms with E-state index in [9.17, 15) is 0 Å². The van der Waals surface area contributed by atoms with Crippen molar-refractivity contribution in [2.45, 2.75) is 26.1 Å². The van der Waals surface area contributed by atoms with Crippen LogP contribution in [0.2, 0.25) is 5.82 Å². The Hall–Kier alpha value is -0.435. The second-order valence-corrected chi connectivity index (χ2v) is 4.58. The first-order chi connectivity index (χ1) is 6.69. The lowest BCUT2D eigenvalue weighted by molar-refractivity contribution is 0.979. The third-order valence-electron chi connectivity index (χ3n) is 2.12. The summed E-state index contributed by atoms with van der Waals surface area (Å²) in [5.41, 5.74) is 2.19. The van der Waals surface area contributed by atoms with Crippen molar-refractivity contribution >= 4 is 25.3 Å². The van der Waals surface area contributed by atoms with Crippen LogP contribution in [0.4, 0.5) is 0 Å². The zero-order valence-corrected chi connectivity index (χ0v) is 9.73. The summed E-state index contributed by atoms with van der Waals surface area (Å²) in [4.78, 5) is 5.69. The van der Waals surface area contributed by atoms with Gasteiger partial charge in [-0.15, -0.1) is 11.8 Å². The normalized spacial score (nSPS) is 21.4. The van der Waals surface area contributed by atoms with Crippen LogP contribution in [0.3, 0.4) is 0 Å². The van der Waals surface area contributed by atoms with Gasteiger partial charge in [-0.2, -0.15) is 0 Å². The van der Waals surface area contributed by atoms with Gasteiger partial charge < -0.3 is 0 Å². The van der Waals surface area contributed by atoms with Crippen molar-refractivity contribution in [3.05, 3.63) is 23.1 Å². The van der Waals surface area contributed by atoms with Crippen LogP contribution in [0.15, 0.2) is 28.1 Å². The third-order valence-corrected chi connectivity index (χ3v) is 3.05. The Morgan fingerprint density at radius 1 is 1.71 bits per heavy atom. The molecule has 0 fully saturated rings. The van der Waals surface area contributed by atoms with E-state index in [2.05, 4.69) is 31.5 Å². The smallest absolute Gasteiger partial charge is 0.0781 e. The van der Waals surface area contributed by atoms with Crippen molar-refractivity contribution in [3.8, 4) is 0 Å². The minimum absolute atomic E-state index is 0.0810. The monoisotopic (exact) mass is 205 g/mol. The number of hydrogen-bond donors (Lipinski definition) is 0. The molecule has 14 heavy (non-hydrogen) atoms. The van der Waals surface area contributed by atoms with Crippen LogP contribution >= 0.6 is 11.8 Å². The summed E-state index contributed by atoms with van der Waals surface area (Å²) in [6.45, 7) is 8.97. The Bertz CT molecular complexity index is 281. The molecule has 1 unspecified atom stereocenters. The molecule has 1 atom stereocenters. The lowest BCUT2D eigenvalue weighted by Crippen LogP contribution is -2.12. The molecular weight excluding hydrogens is 189 g/mol. The van der Waals surface area contributed by atoms with Gasteiger partial charge in [0, 0.05) is 11.4 Å². The lowest BCUT2D eigenvalue weighted by atomic mass is 9.85. The summed E-state index contributed by atoms with van der Waals surface area (Å²) in [5, 5.41) is 0. The van der Waals surface area contributed by atoms with Crippen LogP contribution in [0, 0.1) is 0 Å². The average molecular weight is 205 g/mol. The first-order valence-electron chi connectivity index (χ1n) is 5.02. The predicted molar refractivity (Wildman–Crippen MR) is 67.5 cm³/mol. The molecule has 0 aliphatic carbocycles. The van der Waals surface area contributed by atoms with Gasteiger partial charge in [-0.3, -0.25) is 4.99 Å². The molecule has 3 heteroatoms. The number of allylic oxidation sites excluding steroid dienone is 2. The fraction of sp³-hybridized carbons (Fsp3) is 0.545. The number of thioether (sulfide) groups is 1. The van der Waals surface area contributed by atoms with E-state index in [4.69, 9.17) is 7.85 Å².